The van der Waals surface area contributed by atoms with E-state index in [1.165, 1.54) is 15.9 Å². The van der Waals surface area contributed by atoms with E-state index in [0.29, 0.717) is 47.4 Å². The number of imidazole rings is 1. The van der Waals surface area contributed by atoms with Crippen LogP contribution in [0.4, 0.5) is 11.4 Å². The number of hydrogen-bond acceptors (Lipinski definition) is 9. The van der Waals surface area contributed by atoms with Gasteiger partial charge in [0.25, 0.3) is 5.91 Å². The Morgan fingerprint density at radius 1 is 1.26 bits per heavy atom. The van der Waals surface area contributed by atoms with E-state index in [-0.39, 0.29) is 22.7 Å². The van der Waals surface area contributed by atoms with Gasteiger partial charge in [-0.25, -0.2) is 14.3 Å². The van der Waals surface area contributed by atoms with Crippen LogP contribution in [0.3, 0.4) is 0 Å². The third kappa shape index (κ3) is 4.44. The van der Waals surface area contributed by atoms with Gasteiger partial charge in [0.15, 0.2) is 5.13 Å². The molecule has 11 nitrogen and oxygen atoms in total. The van der Waals surface area contributed by atoms with E-state index in [1.54, 1.807) is 29.4 Å². The molecule has 0 atom stereocenters. The van der Waals surface area contributed by atoms with Crippen LogP contribution in [0.2, 0.25) is 0 Å². The number of aryl methyl sites for hydroxylation is 1. The zero-order valence-corrected chi connectivity index (χ0v) is 22.1. The molecule has 0 unspecified atom stereocenters. The van der Waals surface area contributed by atoms with Crippen LogP contribution in [0.15, 0.2) is 46.8 Å². The standard InChI is InChI=1S/C26H29N7O4S/c1-26(14-36-15-26)16-37-21-5-3-4-20-22(21)31(2)25(35)33(20)24-30-18(13-38-24)23(34)29-17-12-28-7-6-19(17)32-10-8-27-9-11-32/h3-7,12-13,27H,8-11,14-16H2,1-2H3,(H,29,34). The van der Waals surface area contributed by atoms with Crippen molar-refractivity contribution in [3.8, 4) is 10.9 Å². The molecule has 4 aromatic rings. The summed E-state index contributed by atoms with van der Waals surface area (Å²) < 4.78 is 14.5. The van der Waals surface area contributed by atoms with Crippen LogP contribution < -0.4 is 26.0 Å². The lowest BCUT2D eigenvalue weighted by atomic mass is 9.90. The Morgan fingerprint density at radius 3 is 2.84 bits per heavy atom. The number of ether oxygens (including phenoxy) is 2. The molecule has 2 aliphatic heterocycles. The number of carbonyl (C=O) groups is 1. The highest BCUT2D eigenvalue weighted by Gasteiger charge is 2.34. The van der Waals surface area contributed by atoms with E-state index in [0.717, 1.165) is 31.9 Å². The van der Waals surface area contributed by atoms with Crippen molar-refractivity contribution in [1.82, 2.24) is 24.4 Å². The predicted molar refractivity (Wildman–Crippen MR) is 146 cm³/mol. The lowest BCUT2D eigenvalue weighted by molar-refractivity contribution is -0.120. The van der Waals surface area contributed by atoms with Crippen molar-refractivity contribution in [2.45, 2.75) is 6.92 Å². The maximum Gasteiger partial charge on any atom is 0.335 e. The maximum absolute atomic E-state index is 13.3. The molecule has 12 heteroatoms. The third-order valence-electron chi connectivity index (χ3n) is 6.93. The van der Waals surface area contributed by atoms with Crippen LogP contribution in [0.25, 0.3) is 16.2 Å². The van der Waals surface area contributed by atoms with Crippen LogP contribution in [-0.2, 0) is 11.8 Å². The summed E-state index contributed by atoms with van der Waals surface area (Å²) in [6.07, 6.45) is 3.37. The first-order valence-electron chi connectivity index (χ1n) is 12.5. The number of carbonyl (C=O) groups excluding carboxylic acids is 1. The first kappa shape index (κ1) is 24.6. The van der Waals surface area contributed by atoms with Crippen LogP contribution >= 0.6 is 11.3 Å². The summed E-state index contributed by atoms with van der Waals surface area (Å²) in [6, 6.07) is 7.48. The zero-order valence-electron chi connectivity index (χ0n) is 21.3. The van der Waals surface area contributed by atoms with Gasteiger partial charge in [-0.05, 0) is 18.2 Å². The second-order valence-corrected chi connectivity index (χ2v) is 10.8. The van der Waals surface area contributed by atoms with Gasteiger partial charge in [-0.3, -0.25) is 14.3 Å². The molecule has 38 heavy (non-hydrogen) atoms. The minimum Gasteiger partial charge on any atom is -0.491 e. The van der Waals surface area contributed by atoms with E-state index >= 15 is 0 Å². The fourth-order valence-corrected chi connectivity index (χ4v) is 5.60. The highest BCUT2D eigenvalue weighted by Crippen LogP contribution is 2.32. The van der Waals surface area contributed by atoms with Gasteiger partial charge >= 0.3 is 5.69 Å². The molecule has 2 fully saturated rings. The van der Waals surface area contributed by atoms with Crippen molar-refractivity contribution < 1.29 is 14.3 Å². The molecule has 0 spiro atoms. The summed E-state index contributed by atoms with van der Waals surface area (Å²) in [7, 11) is 1.71. The number of amides is 1. The molecule has 198 valence electrons. The number of aromatic nitrogens is 4. The van der Waals surface area contributed by atoms with E-state index in [4.69, 9.17) is 9.47 Å². The van der Waals surface area contributed by atoms with Gasteiger partial charge in [0, 0.05) is 50.2 Å². The molecule has 0 bridgehead atoms. The van der Waals surface area contributed by atoms with Gasteiger partial charge in [-0.2, -0.15) is 0 Å². The Labute approximate surface area is 223 Å². The van der Waals surface area contributed by atoms with Crippen molar-refractivity contribution in [1.29, 1.82) is 0 Å². The number of hydrogen-bond donors (Lipinski definition) is 2. The Kier molecular flexibility index (Phi) is 6.38. The number of para-hydroxylation sites is 1. The fourth-order valence-electron chi connectivity index (χ4n) is 4.79. The topological polar surface area (TPSA) is 116 Å². The van der Waals surface area contributed by atoms with Crippen molar-refractivity contribution in [3.63, 3.8) is 0 Å². The summed E-state index contributed by atoms with van der Waals surface area (Å²) in [6.45, 7) is 7.37. The first-order valence-corrected chi connectivity index (χ1v) is 13.4. The van der Waals surface area contributed by atoms with Crippen molar-refractivity contribution in [3.05, 3.63) is 58.2 Å². The van der Waals surface area contributed by atoms with Crippen LogP contribution in [-0.4, -0.2) is 71.0 Å². The number of rotatable bonds is 7. The van der Waals surface area contributed by atoms with Gasteiger partial charge in [0.05, 0.1) is 42.9 Å². The number of anilines is 2. The molecule has 6 rings (SSSR count). The van der Waals surface area contributed by atoms with Crippen molar-refractivity contribution >= 4 is 39.7 Å². The summed E-state index contributed by atoms with van der Waals surface area (Å²) in [5.74, 6) is 0.269. The minimum atomic E-state index is -0.356. The second-order valence-electron chi connectivity index (χ2n) is 9.99. The molecule has 3 aromatic heterocycles. The molecule has 0 radical (unpaired) electrons. The number of fused-ring (bicyclic) bond motifs is 1. The summed E-state index contributed by atoms with van der Waals surface area (Å²) in [5.41, 5.74) is 2.84. The number of nitrogens with one attached hydrogen (secondary N) is 2. The Balaban J connectivity index is 1.27. The Bertz CT molecular complexity index is 1550. The maximum atomic E-state index is 13.3. The largest absolute Gasteiger partial charge is 0.491 e. The van der Waals surface area contributed by atoms with Crippen LogP contribution in [0.1, 0.15) is 17.4 Å². The first-order chi connectivity index (χ1) is 18.4. The van der Waals surface area contributed by atoms with Gasteiger partial charge < -0.3 is 25.0 Å². The zero-order chi connectivity index (χ0) is 26.3. The Hall–Kier alpha value is -3.74. The van der Waals surface area contributed by atoms with Gasteiger partial charge in [-0.1, -0.05) is 13.0 Å². The SMILES string of the molecule is Cn1c(=O)n(-c2nc(C(=O)Nc3cnccc3N3CCNCC3)cs2)c2cccc(OCC3(C)COC3)c21. The van der Waals surface area contributed by atoms with Crippen LogP contribution in [0, 0.1) is 5.41 Å². The monoisotopic (exact) mass is 535 g/mol. The van der Waals surface area contributed by atoms with Gasteiger partial charge in [0.2, 0.25) is 0 Å². The van der Waals surface area contributed by atoms with Crippen molar-refractivity contribution in [2.75, 3.05) is 56.2 Å². The van der Waals surface area contributed by atoms with E-state index in [1.807, 2.05) is 24.3 Å². The highest BCUT2D eigenvalue weighted by atomic mass is 32.1. The van der Waals surface area contributed by atoms with Gasteiger partial charge in [0.1, 0.15) is 17.0 Å². The summed E-state index contributed by atoms with van der Waals surface area (Å²) in [4.78, 5) is 37.4. The predicted octanol–water partition coefficient (Wildman–Crippen LogP) is 2.26. The molecule has 2 aliphatic rings. The van der Waals surface area contributed by atoms with E-state index in [9.17, 15) is 9.59 Å². The summed E-state index contributed by atoms with van der Waals surface area (Å²) >= 11 is 1.24. The lowest BCUT2D eigenvalue weighted by Crippen LogP contribution is -2.44. The minimum absolute atomic E-state index is 0.0276. The molecule has 0 aliphatic carbocycles. The van der Waals surface area contributed by atoms with Crippen LogP contribution in [0.5, 0.6) is 5.75 Å². The number of pyridine rings is 1. The molecular formula is C26H29N7O4S. The number of benzene rings is 1. The molecule has 2 saturated heterocycles. The smallest absolute Gasteiger partial charge is 0.335 e. The quantitative estimate of drug-likeness (QED) is 0.370. The number of nitrogens with zero attached hydrogens (tertiary/aromatic N) is 5. The third-order valence-corrected chi connectivity index (χ3v) is 7.76. The average Bonchev–Trinajstić information content (AvgIpc) is 3.50. The molecule has 5 heterocycles. The molecular weight excluding hydrogens is 506 g/mol. The average molecular weight is 536 g/mol. The lowest BCUT2D eigenvalue weighted by Gasteiger charge is -2.37. The van der Waals surface area contributed by atoms with E-state index in [2.05, 4.69) is 32.4 Å². The number of thiazole rings is 1. The van der Waals surface area contributed by atoms with E-state index < -0.39 is 0 Å². The Morgan fingerprint density at radius 2 is 2.08 bits per heavy atom. The molecule has 1 amide bonds. The van der Waals surface area contributed by atoms with Gasteiger partial charge in [-0.15, -0.1) is 11.3 Å². The highest BCUT2D eigenvalue weighted by molar-refractivity contribution is 7.12. The molecule has 0 saturated carbocycles. The number of piperazine rings is 1. The molecule has 1 aromatic carbocycles. The molecule has 2 N–H and O–H groups in total. The second kappa shape index (κ2) is 9.86. The summed E-state index contributed by atoms with van der Waals surface area (Å²) in [5, 5.41) is 8.36. The normalized spacial score (nSPS) is 16.8. The fraction of sp³-hybridized carbons (Fsp3) is 0.385. The van der Waals surface area contributed by atoms with Crippen molar-refractivity contribution in [2.24, 2.45) is 12.5 Å².